The first-order valence-electron chi connectivity index (χ1n) is 7.62. The Hall–Kier alpha value is -2.17. The van der Waals surface area contributed by atoms with Crippen LogP contribution in [0.2, 0.25) is 0 Å². The molecule has 0 fully saturated rings. The van der Waals surface area contributed by atoms with Crippen LogP contribution in [0.25, 0.3) is 16.0 Å². The number of fused-ring (bicyclic) bond motifs is 1. The summed E-state index contributed by atoms with van der Waals surface area (Å²) in [4.78, 5) is 30.8. The molecule has 136 valence electrons. The van der Waals surface area contributed by atoms with Crippen molar-refractivity contribution < 1.29 is 14.3 Å². The highest BCUT2D eigenvalue weighted by Crippen LogP contribution is 2.25. The Morgan fingerprint density at radius 2 is 2.12 bits per heavy atom. The molecule has 1 aromatic carbocycles. The molecule has 0 spiro atoms. The highest BCUT2D eigenvalue weighted by atomic mass is 32.2. The number of aromatic nitrogens is 3. The SMILES string of the molecule is CCOc1ccc(-n2c(=S)sc3c(=O)[nH]c(SCC(=O)OC)nc32)cc1. The third kappa shape index (κ3) is 3.81. The van der Waals surface area contributed by atoms with Crippen molar-refractivity contribution in [2.75, 3.05) is 19.5 Å². The zero-order chi connectivity index (χ0) is 18.7. The fourth-order valence-corrected chi connectivity index (χ4v) is 4.19. The van der Waals surface area contributed by atoms with Crippen molar-refractivity contribution in [3.63, 3.8) is 0 Å². The standard InChI is InChI=1S/C16H15N3O4S3/c1-3-23-10-6-4-9(5-7-10)19-13-12(26-16(19)24)14(21)18-15(17-13)25-8-11(20)22-2/h4-7H,3,8H2,1-2H3,(H,17,18,21). The van der Waals surface area contributed by atoms with Gasteiger partial charge >= 0.3 is 5.97 Å². The third-order valence-electron chi connectivity index (χ3n) is 3.38. The van der Waals surface area contributed by atoms with Crippen LogP contribution in [-0.2, 0) is 9.53 Å². The molecule has 3 aromatic rings. The Bertz CT molecular complexity index is 1050. The highest BCUT2D eigenvalue weighted by molar-refractivity contribution is 7.99. The maximum atomic E-state index is 12.4. The van der Waals surface area contributed by atoms with Crippen molar-refractivity contribution in [3.05, 3.63) is 38.6 Å². The van der Waals surface area contributed by atoms with E-state index in [4.69, 9.17) is 17.0 Å². The summed E-state index contributed by atoms with van der Waals surface area (Å²) in [6.07, 6.45) is 0. The van der Waals surface area contributed by atoms with E-state index in [1.807, 2.05) is 31.2 Å². The van der Waals surface area contributed by atoms with Crippen LogP contribution in [0.1, 0.15) is 6.92 Å². The van der Waals surface area contributed by atoms with Crippen LogP contribution in [0, 0.1) is 3.95 Å². The van der Waals surface area contributed by atoms with Gasteiger partial charge in [0.05, 0.1) is 19.5 Å². The van der Waals surface area contributed by atoms with Gasteiger partial charge in [0.15, 0.2) is 14.8 Å². The molecule has 2 aromatic heterocycles. The molecule has 1 N–H and O–H groups in total. The number of thiazole rings is 1. The normalized spacial score (nSPS) is 10.8. The van der Waals surface area contributed by atoms with Crippen LogP contribution in [0.15, 0.2) is 34.2 Å². The van der Waals surface area contributed by atoms with Crippen molar-refractivity contribution >= 4 is 51.6 Å². The molecule has 0 bridgehead atoms. The number of methoxy groups -OCH3 is 1. The lowest BCUT2D eigenvalue weighted by Gasteiger charge is -2.07. The number of hydrogen-bond acceptors (Lipinski definition) is 8. The van der Waals surface area contributed by atoms with E-state index in [-0.39, 0.29) is 11.3 Å². The summed E-state index contributed by atoms with van der Waals surface area (Å²) >= 11 is 7.72. The largest absolute Gasteiger partial charge is 0.494 e. The smallest absolute Gasteiger partial charge is 0.316 e. The average Bonchev–Trinajstić information content (AvgIpc) is 2.97. The zero-order valence-corrected chi connectivity index (χ0v) is 16.4. The average molecular weight is 410 g/mol. The maximum absolute atomic E-state index is 12.4. The lowest BCUT2D eigenvalue weighted by molar-refractivity contribution is -0.137. The second kappa shape index (κ2) is 8.02. The van der Waals surface area contributed by atoms with Gasteiger partial charge in [0.2, 0.25) is 0 Å². The van der Waals surface area contributed by atoms with Gasteiger partial charge < -0.3 is 14.5 Å². The van der Waals surface area contributed by atoms with E-state index >= 15 is 0 Å². The zero-order valence-electron chi connectivity index (χ0n) is 14.0. The predicted molar refractivity (Wildman–Crippen MR) is 104 cm³/mol. The molecule has 0 aliphatic rings. The van der Waals surface area contributed by atoms with Gasteiger partial charge in [0, 0.05) is 5.69 Å². The fourth-order valence-electron chi connectivity index (χ4n) is 2.23. The number of nitrogens with zero attached hydrogens (tertiary/aromatic N) is 2. The number of rotatable bonds is 6. The Labute approximate surface area is 162 Å². The van der Waals surface area contributed by atoms with Gasteiger partial charge in [-0.2, -0.15) is 0 Å². The fraction of sp³-hybridized carbons (Fsp3) is 0.250. The number of aromatic amines is 1. The van der Waals surface area contributed by atoms with Crippen LogP contribution in [0.5, 0.6) is 5.75 Å². The van der Waals surface area contributed by atoms with Crippen molar-refractivity contribution in [1.82, 2.24) is 14.5 Å². The van der Waals surface area contributed by atoms with Gasteiger partial charge in [0.25, 0.3) is 5.56 Å². The minimum Gasteiger partial charge on any atom is -0.494 e. The molecular weight excluding hydrogens is 394 g/mol. The monoisotopic (exact) mass is 409 g/mol. The molecule has 0 aliphatic heterocycles. The van der Waals surface area contributed by atoms with Crippen LogP contribution < -0.4 is 10.3 Å². The molecule has 0 saturated heterocycles. The van der Waals surface area contributed by atoms with E-state index in [0.29, 0.717) is 26.1 Å². The topological polar surface area (TPSA) is 86.2 Å². The second-order valence-corrected chi connectivity index (χ2v) is 7.63. The number of carbonyl (C=O) groups is 1. The third-order valence-corrected chi connectivity index (χ3v) is 5.59. The Balaban J connectivity index is 2.06. The molecule has 2 heterocycles. The van der Waals surface area contributed by atoms with Crippen molar-refractivity contribution in [1.29, 1.82) is 0 Å². The first-order valence-corrected chi connectivity index (χ1v) is 9.83. The van der Waals surface area contributed by atoms with E-state index in [1.54, 1.807) is 4.57 Å². The molecule has 0 radical (unpaired) electrons. The van der Waals surface area contributed by atoms with Gasteiger partial charge in [-0.3, -0.25) is 14.2 Å². The Morgan fingerprint density at radius 1 is 1.38 bits per heavy atom. The molecule has 0 amide bonds. The molecule has 0 atom stereocenters. The summed E-state index contributed by atoms with van der Waals surface area (Å²) < 4.78 is 12.7. The first-order chi connectivity index (χ1) is 12.5. The molecule has 0 saturated carbocycles. The van der Waals surface area contributed by atoms with Gasteiger partial charge in [-0.15, -0.1) is 0 Å². The van der Waals surface area contributed by atoms with Crippen molar-refractivity contribution in [3.8, 4) is 11.4 Å². The highest BCUT2D eigenvalue weighted by Gasteiger charge is 2.14. The quantitative estimate of drug-likeness (QED) is 0.290. The molecule has 26 heavy (non-hydrogen) atoms. The number of thioether (sulfide) groups is 1. The second-order valence-electron chi connectivity index (χ2n) is 5.02. The van der Waals surface area contributed by atoms with Crippen LogP contribution in [0.4, 0.5) is 0 Å². The van der Waals surface area contributed by atoms with Crippen LogP contribution in [0.3, 0.4) is 0 Å². The van der Waals surface area contributed by atoms with E-state index in [1.165, 1.54) is 18.4 Å². The molecule has 0 unspecified atom stereocenters. The van der Waals surface area contributed by atoms with Crippen LogP contribution >= 0.6 is 35.3 Å². The maximum Gasteiger partial charge on any atom is 0.316 e. The van der Waals surface area contributed by atoms with Crippen LogP contribution in [-0.4, -0.2) is 40.0 Å². The molecule has 10 heteroatoms. The molecule has 7 nitrogen and oxygen atoms in total. The predicted octanol–water partition coefficient (Wildman–Crippen LogP) is 3.17. The summed E-state index contributed by atoms with van der Waals surface area (Å²) in [5, 5.41) is 0.334. The van der Waals surface area contributed by atoms with E-state index in [2.05, 4.69) is 14.7 Å². The minimum absolute atomic E-state index is 0.0544. The van der Waals surface area contributed by atoms with Gasteiger partial charge in [-0.25, -0.2) is 4.98 Å². The lowest BCUT2D eigenvalue weighted by Crippen LogP contribution is -2.11. The summed E-state index contributed by atoms with van der Waals surface area (Å²) in [6.45, 7) is 2.50. The number of benzene rings is 1. The molecular formula is C16H15N3O4S3. The van der Waals surface area contributed by atoms with E-state index in [0.717, 1.165) is 23.2 Å². The first kappa shape index (κ1) is 18.6. The molecule has 3 rings (SSSR count). The lowest BCUT2D eigenvalue weighted by atomic mass is 10.3. The Kier molecular flexibility index (Phi) is 5.74. The number of nitrogens with one attached hydrogen (secondary N) is 1. The van der Waals surface area contributed by atoms with Gasteiger partial charge in [-0.1, -0.05) is 23.1 Å². The summed E-state index contributed by atoms with van der Waals surface area (Å²) in [5.41, 5.74) is 0.954. The summed E-state index contributed by atoms with van der Waals surface area (Å²) in [5.74, 6) is 0.410. The molecule has 0 aliphatic carbocycles. The van der Waals surface area contributed by atoms with Gasteiger partial charge in [-0.05, 0) is 43.4 Å². The summed E-state index contributed by atoms with van der Waals surface area (Å²) in [7, 11) is 1.31. The number of carbonyl (C=O) groups excluding carboxylic acids is 1. The number of esters is 1. The van der Waals surface area contributed by atoms with E-state index in [9.17, 15) is 9.59 Å². The minimum atomic E-state index is -0.397. The Morgan fingerprint density at radius 3 is 2.77 bits per heavy atom. The number of hydrogen-bond donors (Lipinski definition) is 1. The number of ether oxygens (including phenoxy) is 2. The van der Waals surface area contributed by atoms with Gasteiger partial charge in [0.1, 0.15) is 10.4 Å². The number of H-pyrrole nitrogens is 1. The van der Waals surface area contributed by atoms with Crippen molar-refractivity contribution in [2.45, 2.75) is 12.1 Å². The van der Waals surface area contributed by atoms with E-state index < -0.39 is 5.97 Å². The summed E-state index contributed by atoms with van der Waals surface area (Å²) in [6, 6.07) is 7.39. The van der Waals surface area contributed by atoms with Crippen molar-refractivity contribution in [2.24, 2.45) is 0 Å².